The largest absolute Gasteiger partial charge is 0.508 e. The molecule has 0 aromatic heterocycles. The fraction of sp³-hybridized carbons (Fsp3) is 0.500. The Balaban J connectivity index is 1.86. The molecule has 1 amide bonds. The fourth-order valence-corrected chi connectivity index (χ4v) is 2.38. The zero-order valence-corrected chi connectivity index (χ0v) is 10.7. The highest BCUT2D eigenvalue weighted by Gasteiger charge is 2.27. The molecule has 0 spiro atoms. The van der Waals surface area contributed by atoms with E-state index in [1.807, 2.05) is 13.1 Å². The van der Waals surface area contributed by atoms with Gasteiger partial charge in [-0.15, -0.1) is 0 Å². The Morgan fingerprint density at radius 1 is 1.44 bits per heavy atom. The van der Waals surface area contributed by atoms with Crippen molar-refractivity contribution in [1.29, 1.82) is 0 Å². The number of carbonyl (C=O) groups excluding carboxylic acids is 1. The Morgan fingerprint density at radius 3 is 2.72 bits per heavy atom. The number of phenolic OH excluding ortho intramolecular Hbond substituents is 1. The van der Waals surface area contributed by atoms with Crippen LogP contribution in [0.5, 0.6) is 5.75 Å². The molecule has 1 aliphatic rings. The highest BCUT2D eigenvalue weighted by molar-refractivity contribution is 5.79. The molecule has 0 aliphatic heterocycles. The SMILES string of the molecule is CN(CC1CC(N)C1)C(=O)Cc1ccccc1O. The average molecular weight is 248 g/mol. The first-order valence-corrected chi connectivity index (χ1v) is 6.32. The van der Waals surface area contributed by atoms with Crippen LogP contribution in [-0.4, -0.2) is 35.5 Å². The molecular formula is C14H20N2O2. The van der Waals surface area contributed by atoms with E-state index in [0.29, 0.717) is 17.5 Å². The predicted molar refractivity (Wildman–Crippen MR) is 70.1 cm³/mol. The van der Waals surface area contributed by atoms with E-state index in [1.165, 1.54) is 0 Å². The first kappa shape index (κ1) is 12.9. The summed E-state index contributed by atoms with van der Waals surface area (Å²) in [6, 6.07) is 7.28. The van der Waals surface area contributed by atoms with Crippen molar-refractivity contribution in [3.05, 3.63) is 29.8 Å². The molecule has 1 saturated carbocycles. The number of carbonyl (C=O) groups is 1. The summed E-state index contributed by atoms with van der Waals surface area (Å²) in [5.74, 6) is 0.764. The van der Waals surface area contributed by atoms with Gasteiger partial charge in [0, 0.05) is 25.2 Å². The van der Waals surface area contributed by atoms with Crippen LogP contribution in [0.2, 0.25) is 0 Å². The summed E-state index contributed by atoms with van der Waals surface area (Å²) in [5.41, 5.74) is 6.41. The van der Waals surface area contributed by atoms with Gasteiger partial charge in [-0.1, -0.05) is 18.2 Å². The Labute approximate surface area is 107 Å². The van der Waals surface area contributed by atoms with Gasteiger partial charge in [0.05, 0.1) is 6.42 Å². The Kier molecular flexibility index (Phi) is 3.87. The number of hydrogen-bond donors (Lipinski definition) is 2. The van der Waals surface area contributed by atoms with Crippen molar-refractivity contribution in [3.8, 4) is 5.75 Å². The van der Waals surface area contributed by atoms with Gasteiger partial charge in [-0.25, -0.2) is 0 Å². The number of nitrogens with zero attached hydrogens (tertiary/aromatic N) is 1. The average Bonchev–Trinajstić information content (AvgIpc) is 2.30. The third kappa shape index (κ3) is 3.01. The van der Waals surface area contributed by atoms with Gasteiger partial charge in [-0.05, 0) is 24.8 Å². The number of nitrogens with two attached hydrogens (primary N) is 1. The molecule has 2 rings (SSSR count). The Morgan fingerprint density at radius 2 is 2.11 bits per heavy atom. The molecule has 1 aromatic carbocycles. The standard InChI is InChI=1S/C14H20N2O2/c1-16(9-10-6-12(15)7-10)14(18)8-11-4-2-3-5-13(11)17/h2-5,10,12,17H,6-9,15H2,1H3. The molecular weight excluding hydrogens is 228 g/mol. The molecule has 98 valence electrons. The highest BCUT2D eigenvalue weighted by Crippen LogP contribution is 2.26. The van der Waals surface area contributed by atoms with Crippen molar-refractivity contribution < 1.29 is 9.90 Å². The van der Waals surface area contributed by atoms with Gasteiger partial charge in [0.1, 0.15) is 5.75 Å². The molecule has 0 bridgehead atoms. The van der Waals surface area contributed by atoms with E-state index in [0.717, 1.165) is 19.4 Å². The number of amides is 1. The lowest BCUT2D eigenvalue weighted by Crippen LogP contribution is -2.43. The van der Waals surface area contributed by atoms with Crippen molar-refractivity contribution >= 4 is 5.91 Å². The minimum absolute atomic E-state index is 0.0389. The second kappa shape index (κ2) is 5.40. The van der Waals surface area contributed by atoms with Crippen LogP contribution in [0.15, 0.2) is 24.3 Å². The van der Waals surface area contributed by atoms with Gasteiger partial charge in [0.15, 0.2) is 0 Å². The normalized spacial score (nSPS) is 22.3. The molecule has 0 heterocycles. The van der Waals surface area contributed by atoms with E-state index in [9.17, 15) is 9.90 Å². The lowest BCUT2D eigenvalue weighted by Gasteiger charge is -2.35. The van der Waals surface area contributed by atoms with Crippen LogP contribution in [-0.2, 0) is 11.2 Å². The van der Waals surface area contributed by atoms with Crippen LogP contribution in [0.1, 0.15) is 18.4 Å². The maximum Gasteiger partial charge on any atom is 0.226 e. The Bertz CT molecular complexity index is 428. The van der Waals surface area contributed by atoms with Crippen LogP contribution in [0.25, 0.3) is 0 Å². The van der Waals surface area contributed by atoms with E-state index in [2.05, 4.69) is 0 Å². The van der Waals surface area contributed by atoms with E-state index in [1.54, 1.807) is 23.1 Å². The molecule has 0 atom stereocenters. The molecule has 0 radical (unpaired) electrons. The van der Waals surface area contributed by atoms with Crippen LogP contribution in [0.3, 0.4) is 0 Å². The van der Waals surface area contributed by atoms with Crippen molar-refractivity contribution in [2.24, 2.45) is 11.7 Å². The molecule has 4 nitrogen and oxygen atoms in total. The molecule has 4 heteroatoms. The third-order valence-electron chi connectivity index (χ3n) is 3.56. The summed E-state index contributed by atoms with van der Waals surface area (Å²) in [7, 11) is 1.81. The number of phenols is 1. The van der Waals surface area contributed by atoms with Crippen LogP contribution < -0.4 is 5.73 Å². The van der Waals surface area contributed by atoms with Gasteiger partial charge >= 0.3 is 0 Å². The number of hydrogen-bond acceptors (Lipinski definition) is 3. The Hall–Kier alpha value is -1.55. The van der Waals surface area contributed by atoms with Gasteiger partial charge in [-0.2, -0.15) is 0 Å². The van der Waals surface area contributed by atoms with Gasteiger partial charge in [0.2, 0.25) is 5.91 Å². The highest BCUT2D eigenvalue weighted by atomic mass is 16.3. The molecule has 1 aliphatic carbocycles. The number of para-hydroxylation sites is 1. The van der Waals surface area contributed by atoms with E-state index in [-0.39, 0.29) is 18.1 Å². The summed E-state index contributed by atoms with van der Waals surface area (Å²) < 4.78 is 0. The number of aromatic hydroxyl groups is 1. The summed E-state index contributed by atoms with van der Waals surface area (Å²) in [5, 5.41) is 9.63. The molecule has 1 aromatic rings. The summed E-state index contributed by atoms with van der Waals surface area (Å²) in [4.78, 5) is 13.7. The van der Waals surface area contributed by atoms with Crippen LogP contribution >= 0.6 is 0 Å². The maximum atomic E-state index is 12.0. The quantitative estimate of drug-likeness (QED) is 0.839. The van der Waals surface area contributed by atoms with Crippen molar-refractivity contribution in [3.63, 3.8) is 0 Å². The van der Waals surface area contributed by atoms with Gasteiger partial charge in [-0.3, -0.25) is 4.79 Å². The van der Waals surface area contributed by atoms with Crippen LogP contribution in [0, 0.1) is 5.92 Å². The van der Waals surface area contributed by atoms with Gasteiger partial charge in [0.25, 0.3) is 0 Å². The smallest absolute Gasteiger partial charge is 0.226 e. The minimum Gasteiger partial charge on any atom is -0.508 e. The first-order chi connectivity index (χ1) is 8.56. The van der Waals surface area contributed by atoms with E-state index >= 15 is 0 Å². The first-order valence-electron chi connectivity index (χ1n) is 6.32. The van der Waals surface area contributed by atoms with Crippen molar-refractivity contribution in [1.82, 2.24) is 4.90 Å². The molecule has 18 heavy (non-hydrogen) atoms. The third-order valence-corrected chi connectivity index (χ3v) is 3.56. The van der Waals surface area contributed by atoms with Gasteiger partial charge < -0.3 is 15.7 Å². The molecule has 1 fully saturated rings. The molecule has 0 saturated heterocycles. The van der Waals surface area contributed by atoms with E-state index < -0.39 is 0 Å². The summed E-state index contributed by atoms with van der Waals surface area (Å²) >= 11 is 0. The maximum absolute atomic E-state index is 12.0. The number of benzene rings is 1. The summed E-state index contributed by atoms with van der Waals surface area (Å²) in [6.07, 6.45) is 2.27. The summed E-state index contributed by atoms with van der Waals surface area (Å²) in [6.45, 7) is 0.764. The predicted octanol–water partition coefficient (Wildman–Crippen LogP) is 1.13. The number of rotatable bonds is 4. The lowest BCUT2D eigenvalue weighted by atomic mass is 9.80. The fourth-order valence-electron chi connectivity index (χ4n) is 2.38. The second-order valence-corrected chi connectivity index (χ2v) is 5.18. The zero-order valence-electron chi connectivity index (χ0n) is 10.7. The van der Waals surface area contributed by atoms with E-state index in [4.69, 9.17) is 5.73 Å². The topological polar surface area (TPSA) is 66.6 Å². The van der Waals surface area contributed by atoms with Crippen molar-refractivity contribution in [2.45, 2.75) is 25.3 Å². The lowest BCUT2D eigenvalue weighted by molar-refractivity contribution is -0.130. The van der Waals surface area contributed by atoms with Crippen LogP contribution in [0.4, 0.5) is 0 Å². The minimum atomic E-state index is 0.0389. The zero-order chi connectivity index (χ0) is 13.1. The molecule has 3 N–H and O–H groups in total. The molecule has 0 unspecified atom stereocenters. The monoisotopic (exact) mass is 248 g/mol. The second-order valence-electron chi connectivity index (χ2n) is 5.18. The number of likely N-dealkylation sites (N-methyl/N-ethyl adjacent to an activating group) is 1. The van der Waals surface area contributed by atoms with Crippen molar-refractivity contribution in [2.75, 3.05) is 13.6 Å².